The first-order valence-corrected chi connectivity index (χ1v) is 11.5. The molecule has 166 valence electrons. The number of benzene rings is 2. The molecule has 0 aromatic heterocycles. The molecule has 31 heavy (non-hydrogen) atoms. The van der Waals surface area contributed by atoms with Crippen LogP contribution in [-0.4, -0.2) is 17.5 Å². The van der Waals surface area contributed by atoms with E-state index in [2.05, 4.69) is 43.0 Å². The molecule has 0 bridgehead atoms. The average Bonchev–Trinajstić information content (AvgIpc) is 3.70. The quantitative estimate of drug-likeness (QED) is 0.434. The topological polar surface area (TPSA) is 27.0 Å². The van der Waals surface area contributed by atoms with Crippen molar-refractivity contribution in [2.45, 2.75) is 83.2 Å². The third kappa shape index (κ3) is 5.71. The third-order valence-electron chi connectivity index (χ3n) is 6.59. The second-order valence-electron chi connectivity index (χ2n) is 8.92. The molecule has 0 heterocycles. The highest BCUT2D eigenvalue weighted by Crippen LogP contribution is 2.56. The van der Waals surface area contributed by atoms with Gasteiger partial charge in [0.1, 0.15) is 11.3 Å². The van der Waals surface area contributed by atoms with E-state index < -0.39 is 11.3 Å². The lowest BCUT2D eigenvalue weighted by Gasteiger charge is -2.29. The molecule has 0 saturated heterocycles. The van der Waals surface area contributed by atoms with Crippen molar-refractivity contribution in [3.05, 3.63) is 70.8 Å². The van der Waals surface area contributed by atoms with Crippen LogP contribution in [0.15, 0.2) is 48.5 Å². The van der Waals surface area contributed by atoms with Gasteiger partial charge in [0.2, 0.25) is 0 Å². The van der Waals surface area contributed by atoms with E-state index in [9.17, 15) is 8.78 Å². The number of halogens is 2. The zero-order chi connectivity index (χ0) is 22.5. The molecule has 0 aliphatic heterocycles. The maximum absolute atomic E-state index is 15.0. The van der Waals surface area contributed by atoms with E-state index in [4.69, 9.17) is 5.26 Å². The van der Waals surface area contributed by atoms with Gasteiger partial charge in [-0.05, 0) is 74.2 Å². The smallest absolute Gasteiger partial charge is 0.136 e. The molecule has 1 atom stereocenters. The Labute approximate surface area is 185 Å². The van der Waals surface area contributed by atoms with E-state index >= 15 is 0 Å². The fraction of sp³-hybridized carbons (Fsp3) is 0.519. The summed E-state index contributed by atoms with van der Waals surface area (Å²) in [6.45, 7) is 7.72. The van der Waals surface area contributed by atoms with Crippen LogP contribution in [0.25, 0.3) is 0 Å². The van der Waals surface area contributed by atoms with E-state index in [0.29, 0.717) is 31.7 Å². The van der Waals surface area contributed by atoms with Crippen LogP contribution in [0, 0.1) is 11.3 Å². The standard InChI is InChI=1S/C25H31F2N.C2H3N/c1-3-28(18-20-8-5-4-6-9-20)19(2)12-13-21-22(24(26)14-15-24)10-7-11-23(21)25(27)16-17-25;1-2-3/h4-11,19H,3,12-18H2,1-2H3;1H3. The molecular formula is C27H34F2N2. The average molecular weight is 425 g/mol. The summed E-state index contributed by atoms with van der Waals surface area (Å²) in [6, 6.07) is 18.2. The van der Waals surface area contributed by atoms with Crippen molar-refractivity contribution in [1.29, 1.82) is 5.26 Å². The van der Waals surface area contributed by atoms with Crippen LogP contribution in [0.1, 0.15) is 75.1 Å². The first kappa shape index (κ1) is 23.4. The van der Waals surface area contributed by atoms with Crippen LogP contribution in [0.5, 0.6) is 0 Å². The Morgan fingerprint density at radius 3 is 1.94 bits per heavy atom. The lowest BCUT2D eigenvalue weighted by atomic mass is 9.89. The summed E-state index contributed by atoms with van der Waals surface area (Å²) in [5.74, 6) is 0. The van der Waals surface area contributed by atoms with Gasteiger partial charge in [0.05, 0.1) is 6.07 Å². The van der Waals surface area contributed by atoms with Gasteiger partial charge in [0, 0.05) is 19.5 Å². The summed E-state index contributed by atoms with van der Waals surface area (Å²) in [7, 11) is 0. The van der Waals surface area contributed by atoms with Gasteiger partial charge in [-0.25, -0.2) is 8.78 Å². The lowest BCUT2D eigenvalue weighted by molar-refractivity contribution is 0.200. The summed E-state index contributed by atoms with van der Waals surface area (Å²) in [6.07, 6.45) is 3.97. The van der Waals surface area contributed by atoms with E-state index in [-0.39, 0.29) is 0 Å². The summed E-state index contributed by atoms with van der Waals surface area (Å²) < 4.78 is 30.0. The van der Waals surface area contributed by atoms with E-state index in [1.807, 2.05) is 24.3 Å². The van der Waals surface area contributed by atoms with E-state index in [0.717, 1.165) is 42.6 Å². The molecule has 0 amide bonds. The van der Waals surface area contributed by atoms with Gasteiger partial charge in [-0.3, -0.25) is 4.90 Å². The zero-order valence-electron chi connectivity index (χ0n) is 19.0. The minimum absolute atomic E-state index is 0.357. The van der Waals surface area contributed by atoms with Crippen molar-refractivity contribution in [1.82, 2.24) is 4.90 Å². The largest absolute Gasteiger partial charge is 0.297 e. The highest BCUT2D eigenvalue weighted by atomic mass is 19.1. The Morgan fingerprint density at radius 1 is 0.968 bits per heavy atom. The molecule has 4 heteroatoms. The highest BCUT2D eigenvalue weighted by molar-refractivity contribution is 5.46. The van der Waals surface area contributed by atoms with Crippen LogP contribution in [0.2, 0.25) is 0 Å². The maximum atomic E-state index is 15.0. The SMILES string of the molecule is CC#N.CCN(Cc1ccccc1)C(C)CCc1c(C2(F)CC2)cccc1C1(F)CC1. The fourth-order valence-corrected chi connectivity index (χ4v) is 4.39. The van der Waals surface area contributed by atoms with Crippen molar-refractivity contribution < 1.29 is 8.78 Å². The van der Waals surface area contributed by atoms with Gasteiger partial charge in [0.25, 0.3) is 0 Å². The van der Waals surface area contributed by atoms with Gasteiger partial charge in [0.15, 0.2) is 0 Å². The number of hydrogen-bond donors (Lipinski definition) is 0. The van der Waals surface area contributed by atoms with Gasteiger partial charge in [-0.1, -0.05) is 55.5 Å². The van der Waals surface area contributed by atoms with Crippen molar-refractivity contribution in [3.63, 3.8) is 0 Å². The molecule has 2 fully saturated rings. The fourth-order valence-electron chi connectivity index (χ4n) is 4.39. The number of hydrogen-bond acceptors (Lipinski definition) is 2. The van der Waals surface area contributed by atoms with Crippen LogP contribution >= 0.6 is 0 Å². The number of nitriles is 1. The molecule has 2 nitrogen and oxygen atoms in total. The van der Waals surface area contributed by atoms with Crippen molar-refractivity contribution in [2.24, 2.45) is 0 Å². The zero-order valence-corrected chi connectivity index (χ0v) is 19.0. The Kier molecular flexibility index (Phi) is 7.49. The summed E-state index contributed by atoms with van der Waals surface area (Å²) in [4.78, 5) is 2.45. The molecule has 0 N–H and O–H groups in total. The normalized spacial score (nSPS) is 18.5. The Balaban J connectivity index is 0.000000858. The number of rotatable bonds is 9. The van der Waals surface area contributed by atoms with Crippen LogP contribution in [0.4, 0.5) is 8.78 Å². The van der Waals surface area contributed by atoms with Crippen molar-refractivity contribution in [3.8, 4) is 6.07 Å². The molecule has 2 aromatic rings. The first-order valence-electron chi connectivity index (χ1n) is 11.5. The van der Waals surface area contributed by atoms with Crippen LogP contribution in [0.3, 0.4) is 0 Å². The van der Waals surface area contributed by atoms with Crippen molar-refractivity contribution >= 4 is 0 Å². The minimum atomic E-state index is -1.21. The molecule has 4 rings (SSSR count). The monoisotopic (exact) mass is 424 g/mol. The molecule has 1 unspecified atom stereocenters. The Hall–Kier alpha value is -2.25. The molecule has 2 aromatic carbocycles. The highest BCUT2D eigenvalue weighted by Gasteiger charge is 2.50. The lowest BCUT2D eigenvalue weighted by Crippen LogP contribution is -2.33. The minimum Gasteiger partial charge on any atom is -0.297 e. The summed E-state index contributed by atoms with van der Waals surface area (Å²) in [5, 5.41) is 7.32. The Morgan fingerprint density at radius 2 is 1.48 bits per heavy atom. The summed E-state index contributed by atoms with van der Waals surface area (Å²) >= 11 is 0. The third-order valence-corrected chi connectivity index (χ3v) is 6.59. The van der Waals surface area contributed by atoms with Gasteiger partial charge in [-0.15, -0.1) is 0 Å². The van der Waals surface area contributed by atoms with Crippen LogP contribution < -0.4 is 0 Å². The Bertz CT molecular complexity index is 859. The van der Waals surface area contributed by atoms with E-state index in [1.54, 1.807) is 6.07 Å². The van der Waals surface area contributed by atoms with E-state index in [1.165, 1.54) is 12.5 Å². The predicted octanol–water partition coefficient (Wildman–Crippen LogP) is 6.98. The molecule has 0 radical (unpaired) electrons. The second kappa shape index (κ2) is 9.92. The van der Waals surface area contributed by atoms with Crippen molar-refractivity contribution in [2.75, 3.05) is 6.54 Å². The first-order chi connectivity index (χ1) is 14.9. The molecule has 2 aliphatic rings. The van der Waals surface area contributed by atoms with Gasteiger partial charge < -0.3 is 0 Å². The molecule has 2 aliphatic carbocycles. The molecule has 0 spiro atoms. The predicted molar refractivity (Wildman–Crippen MR) is 122 cm³/mol. The summed E-state index contributed by atoms with van der Waals surface area (Å²) in [5.41, 5.74) is 1.34. The van der Waals surface area contributed by atoms with Gasteiger partial charge >= 0.3 is 0 Å². The molecular weight excluding hydrogens is 390 g/mol. The molecule has 2 saturated carbocycles. The number of alkyl halides is 2. The number of nitrogens with zero attached hydrogens (tertiary/aromatic N) is 2. The van der Waals surface area contributed by atoms with Crippen LogP contribution in [-0.2, 0) is 24.3 Å². The maximum Gasteiger partial charge on any atom is 0.136 e. The second-order valence-corrected chi connectivity index (χ2v) is 8.92. The van der Waals surface area contributed by atoms with Gasteiger partial charge in [-0.2, -0.15) is 5.26 Å².